The number of hydrogen-bond acceptors (Lipinski definition) is 15. The molecule has 1 rings (SSSR count). The van der Waals surface area contributed by atoms with E-state index in [-0.39, 0.29) is 68.8 Å². The topological polar surface area (TPSA) is 314 Å². The van der Waals surface area contributed by atoms with Crippen molar-refractivity contribution in [3.8, 4) is 0 Å². The molecule has 26 nitrogen and oxygen atoms in total. The molecule has 1 heterocycles. The third-order valence-corrected chi connectivity index (χ3v) is 17.2. The normalized spacial score (nSPS) is 26.3. The van der Waals surface area contributed by atoms with Crippen LogP contribution in [0.15, 0.2) is 12.2 Å². The Labute approximate surface area is 555 Å². The molecule has 0 bridgehead atoms. The molecule has 1 fully saturated rings. The number of carbonyl (C=O) groups excluding carboxylic acids is 12. The van der Waals surface area contributed by atoms with Crippen molar-refractivity contribution in [2.45, 2.75) is 236 Å². The Morgan fingerprint density at radius 1 is 0.473 bits per heavy atom. The highest BCUT2D eigenvalue weighted by Gasteiger charge is 2.46. The molecule has 0 aromatic rings. The highest BCUT2D eigenvalue weighted by Crippen LogP contribution is 2.26. The van der Waals surface area contributed by atoms with E-state index in [1.165, 1.54) is 82.8 Å². The lowest BCUT2D eigenvalue weighted by Gasteiger charge is -2.41. The summed E-state index contributed by atoms with van der Waals surface area (Å²) >= 11 is 0. The van der Waals surface area contributed by atoms with E-state index >= 15 is 28.8 Å². The van der Waals surface area contributed by atoms with Gasteiger partial charge in [-0.3, -0.25) is 52.7 Å². The average Bonchev–Trinajstić information content (AvgIpc) is 0.855. The maximum atomic E-state index is 15.3. The van der Waals surface area contributed by atoms with Crippen LogP contribution in [-0.4, -0.2) is 252 Å². The molecule has 1 saturated heterocycles. The Balaban J connectivity index is 4.55. The Morgan fingerprint density at radius 2 is 0.882 bits per heavy atom. The molecule has 0 aromatic carbocycles. The molecule has 0 radical (unpaired) electrons. The second-order valence-corrected chi connectivity index (χ2v) is 27.6. The molecule has 26 heteroatoms. The van der Waals surface area contributed by atoms with Crippen molar-refractivity contribution in [3.63, 3.8) is 0 Å². The maximum absolute atomic E-state index is 15.3. The van der Waals surface area contributed by atoms with Gasteiger partial charge in [-0.05, 0) is 108 Å². The molecule has 93 heavy (non-hydrogen) atoms. The third kappa shape index (κ3) is 24.2. The molecule has 0 aliphatic carbocycles. The van der Waals surface area contributed by atoms with Crippen LogP contribution in [0.3, 0.4) is 0 Å². The number of rotatable bonds is 20. The van der Waals surface area contributed by atoms with Crippen LogP contribution >= 0.6 is 0 Å². The zero-order chi connectivity index (χ0) is 72.0. The number of nitrogens with zero attached hydrogens (tertiary/aromatic N) is 7. The van der Waals surface area contributed by atoms with Crippen molar-refractivity contribution in [1.82, 2.24) is 55.6 Å². The average molecular weight is 1320 g/mol. The van der Waals surface area contributed by atoms with Gasteiger partial charge in [-0.2, -0.15) is 0 Å². The lowest BCUT2D eigenvalue weighted by atomic mass is 9.91. The van der Waals surface area contributed by atoms with E-state index in [2.05, 4.69) is 21.3 Å². The molecule has 0 spiro atoms. The summed E-state index contributed by atoms with van der Waals surface area (Å²) in [6, 6.07) is -14.7. The molecule has 1 aliphatic rings. The van der Waals surface area contributed by atoms with E-state index in [4.69, 9.17) is 9.47 Å². The van der Waals surface area contributed by atoms with Gasteiger partial charge < -0.3 is 70.1 Å². The zero-order valence-electron chi connectivity index (χ0n) is 60.8. The fraction of sp³-hybridized carbons (Fsp3) is 0.791. The van der Waals surface area contributed by atoms with Crippen LogP contribution in [-0.2, 0) is 67.0 Å². The molecule has 5 N–H and O–H groups in total. The first-order valence-corrected chi connectivity index (χ1v) is 33.2. The highest BCUT2D eigenvalue weighted by atomic mass is 16.6. The predicted molar refractivity (Wildman–Crippen MR) is 355 cm³/mol. The van der Waals surface area contributed by atoms with E-state index in [0.717, 1.165) is 14.7 Å². The second kappa shape index (κ2) is 39.2. The molecule has 0 unspecified atom stereocenters. The Hall–Kier alpha value is -6.70. The van der Waals surface area contributed by atoms with Crippen LogP contribution < -0.4 is 21.3 Å². The molecular weight excluding hydrogens is 1200 g/mol. The smallest absolute Gasteiger partial charge is 0.332 e. The molecule has 532 valence electrons. The second-order valence-electron chi connectivity index (χ2n) is 27.6. The quantitative estimate of drug-likeness (QED) is 0.0864. The molecule has 1 aliphatic heterocycles. The molecular formula is C67H119N11O15. The van der Waals surface area contributed by atoms with Gasteiger partial charge in [-0.1, -0.05) is 109 Å². The minimum absolute atomic E-state index is 0.0193. The molecule has 11 amide bonds. The predicted octanol–water partition coefficient (Wildman–Crippen LogP) is 3.22. The summed E-state index contributed by atoms with van der Waals surface area (Å²) in [6.45, 7) is 29.8. The summed E-state index contributed by atoms with van der Waals surface area (Å²) in [7, 11) is 9.65. The first-order valence-electron chi connectivity index (χ1n) is 33.2. The summed E-state index contributed by atoms with van der Waals surface area (Å²) in [5, 5.41) is 23.2. The van der Waals surface area contributed by atoms with Crippen molar-refractivity contribution in [3.05, 3.63) is 12.2 Å². The third-order valence-electron chi connectivity index (χ3n) is 17.2. The summed E-state index contributed by atoms with van der Waals surface area (Å²) in [4.78, 5) is 184. The van der Waals surface area contributed by atoms with Crippen LogP contribution in [0.2, 0.25) is 0 Å². The first kappa shape index (κ1) is 84.3. The maximum Gasteiger partial charge on any atom is 0.332 e. The van der Waals surface area contributed by atoms with Gasteiger partial charge in [0.15, 0.2) is 0 Å². The van der Waals surface area contributed by atoms with Crippen molar-refractivity contribution in [2.75, 3.05) is 69.2 Å². The van der Waals surface area contributed by atoms with Gasteiger partial charge in [-0.25, -0.2) is 4.79 Å². The lowest BCUT2D eigenvalue weighted by Crippen LogP contribution is -2.64. The Kier molecular flexibility index (Phi) is 35.6. The minimum Gasteiger partial charge on any atom is -0.464 e. The summed E-state index contributed by atoms with van der Waals surface area (Å²) in [6.07, 6.45) is 2.55. The zero-order valence-corrected chi connectivity index (χ0v) is 60.8. The fourth-order valence-corrected chi connectivity index (χ4v) is 11.4. The van der Waals surface area contributed by atoms with Gasteiger partial charge in [0.1, 0.15) is 73.1 Å². The van der Waals surface area contributed by atoms with Crippen molar-refractivity contribution in [1.29, 1.82) is 0 Å². The number of nitrogens with one attached hydrogen (secondary N) is 4. The van der Waals surface area contributed by atoms with Crippen LogP contribution in [0.5, 0.6) is 0 Å². The molecule has 13 atom stereocenters. The standard InChI is InChI=1S/C67H119N11O15/c1-26-29-30-43(16)56(80)55-60(84)70-46(27-2)62(86)76(23)51(35-92-36-52(79)93-28-3)65(89)72(19)48(32-38(6)7)59(83)71-53(41(12)13)66(90)73(20)47(31-37(4)5)58(82)68-44(17)57(81)69-45(18)61(85)74(21)49(33-39(8)9)63(87)75(22)50(34-40(10)11)64(88)77(24)54(42(14)15)67(91)78(55)25/h26,29,37-51,53-56,80H,27-28,30-36H2,1-25H3,(H,68,82)(H,69,81)(H,70,84)(H,71,83)/t43-,44+,45-,46+,47+,48+,49+,50+,51-,53+,54+,55+,56-/m1/s1. The van der Waals surface area contributed by atoms with E-state index in [0.29, 0.717) is 0 Å². The Morgan fingerprint density at radius 3 is 1.33 bits per heavy atom. The Bertz CT molecular complexity index is 2560. The molecule has 0 saturated carbocycles. The summed E-state index contributed by atoms with van der Waals surface area (Å²) < 4.78 is 10.8. The monoisotopic (exact) mass is 1320 g/mol. The number of aliphatic hydroxyl groups is 1. The summed E-state index contributed by atoms with van der Waals surface area (Å²) in [5.74, 6) is -11.6. The number of ether oxygens (including phenoxy) is 2. The number of carbonyl (C=O) groups is 12. The number of hydrogen-bond donors (Lipinski definition) is 5. The van der Waals surface area contributed by atoms with Crippen LogP contribution in [0, 0.1) is 41.4 Å². The van der Waals surface area contributed by atoms with Gasteiger partial charge in [0.25, 0.3) is 0 Å². The highest BCUT2D eigenvalue weighted by molar-refractivity contribution is 6.00. The van der Waals surface area contributed by atoms with Crippen LogP contribution in [0.25, 0.3) is 0 Å². The number of aliphatic hydroxyl groups excluding tert-OH is 1. The summed E-state index contributed by atoms with van der Waals surface area (Å²) in [5.41, 5.74) is 0. The van der Waals surface area contributed by atoms with E-state index < -0.39 is 174 Å². The van der Waals surface area contributed by atoms with Gasteiger partial charge in [0.2, 0.25) is 65.0 Å². The van der Waals surface area contributed by atoms with E-state index in [1.807, 2.05) is 55.4 Å². The number of amides is 11. The van der Waals surface area contributed by atoms with E-state index in [9.17, 15) is 33.9 Å². The van der Waals surface area contributed by atoms with Crippen molar-refractivity contribution in [2.24, 2.45) is 41.4 Å². The van der Waals surface area contributed by atoms with Crippen molar-refractivity contribution >= 4 is 70.9 Å². The minimum atomic E-state index is -1.70. The van der Waals surface area contributed by atoms with Gasteiger partial charge in [-0.15, -0.1) is 0 Å². The molecule has 0 aromatic heterocycles. The van der Waals surface area contributed by atoms with Gasteiger partial charge in [0, 0.05) is 49.3 Å². The van der Waals surface area contributed by atoms with Crippen LogP contribution in [0.4, 0.5) is 0 Å². The SMILES string of the molecule is CC=CC[C@@H](C)[C@@H](O)[C@H]1C(=O)N[C@@H](CC)C(=O)N(C)[C@H](COCC(=O)OCC)C(=O)N(C)[C@@H](CC(C)C)C(=O)N[C@@H](C(C)C)C(=O)N(C)[C@@H](CC(C)C)C(=O)N[C@@H](C)C(=O)N[C@H](C)C(=O)N(C)[C@@H](CC(C)C)C(=O)N(C)[C@@H](CC(C)C)C(=O)N(C)[C@@H](C(C)C)C(=O)N1C. The largest absolute Gasteiger partial charge is 0.464 e. The number of esters is 1. The number of allylic oxidation sites excluding steroid dienone is 2. The van der Waals surface area contributed by atoms with Crippen LogP contribution in [0.1, 0.15) is 163 Å². The van der Waals surface area contributed by atoms with E-state index in [1.54, 1.807) is 67.5 Å². The van der Waals surface area contributed by atoms with Gasteiger partial charge in [0.05, 0.1) is 19.3 Å². The van der Waals surface area contributed by atoms with Crippen molar-refractivity contribution < 1.29 is 72.1 Å². The first-order chi connectivity index (χ1) is 43.1. The fourth-order valence-electron chi connectivity index (χ4n) is 11.4. The lowest BCUT2D eigenvalue weighted by molar-refractivity contribution is -0.158. The van der Waals surface area contributed by atoms with Gasteiger partial charge >= 0.3 is 5.97 Å². The number of likely N-dealkylation sites (N-methyl/N-ethyl adjacent to an activating group) is 7.